The molecule has 0 fully saturated rings. The second kappa shape index (κ2) is 9.41. The zero-order valence-electron chi connectivity index (χ0n) is 14.7. The highest BCUT2D eigenvalue weighted by Gasteiger charge is 2.38. The van der Waals surface area contributed by atoms with Gasteiger partial charge in [0, 0.05) is 0 Å². The highest BCUT2D eigenvalue weighted by Crippen LogP contribution is 2.59. The summed E-state index contributed by atoms with van der Waals surface area (Å²) in [6.07, 6.45) is 0. The molecule has 0 radical (unpaired) electrons. The molecule has 0 heterocycles. The SMILES string of the molecule is CCOP(=O)(OCC)[C@H](N[S@@](=O)c1ccc(C)cc1)c1ccccc1. The summed E-state index contributed by atoms with van der Waals surface area (Å²) in [7, 11) is -5.10. The average molecular weight is 381 g/mol. The molecule has 136 valence electrons. The van der Waals surface area contributed by atoms with Gasteiger partial charge in [-0.3, -0.25) is 4.57 Å². The summed E-state index contributed by atoms with van der Waals surface area (Å²) >= 11 is 0. The molecule has 0 aliphatic heterocycles. The molecule has 2 atom stereocenters. The summed E-state index contributed by atoms with van der Waals surface area (Å²) in [5.74, 6) is -0.823. The van der Waals surface area contributed by atoms with E-state index in [-0.39, 0.29) is 13.2 Å². The Morgan fingerprint density at radius 2 is 1.56 bits per heavy atom. The Bertz CT molecular complexity index is 727. The van der Waals surface area contributed by atoms with Gasteiger partial charge in [0.2, 0.25) is 0 Å². The van der Waals surface area contributed by atoms with E-state index >= 15 is 0 Å². The van der Waals surface area contributed by atoms with Crippen LogP contribution in [0.15, 0.2) is 59.5 Å². The number of hydrogen-bond acceptors (Lipinski definition) is 4. The van der Waals surface area contributed by atoms with Crippen LogP contribution in [0.3, 0.4) is 0 Å². The third-order valence-corrected chi connectivity index (χ3v) is 7.12. The van der Waals surface area contributed by atoms with Gasteiger partial charge in [0.15, 0.2) is 0 Å². The minimum absolute atomic E-state index is 0.236. The Morgan fingerprint density at radius 1 is 1.00 bits per heavy atom. The Morgan fingerprint density at radius 3 is 2.08 bits per heavy atom. The van der Waals surface area contributed by atoms with E-state index in [1.54, 1.807) is 26.0 Å². The second-order valence-electron chi connectivity index (χ2n) is 5.39. The topological polar surface area (TPSA) is 64.6 Å². The van der Waals surface area contributed by atoms with Crippen molar-refractivity contribution in [2.45, 2.75) is 31.4 Å². The summed E-state index contributed by atoms with van der Waals surface area (Å²) in [6.45, 7) is 5.94. The summed E-state index contributed by atoms with van der Waals surface area (Å²) < 4.78 is 40.0. The first-order valence-corrected chi connectivity index (χ1v) is 10.9. The molecule has 0 spiro atoms. The lowest BCUT2D eigenvalue weighted by Gasteiger charge is -2.27. The van der Waals surface area contributed by atoms with Crippen molar-refractivity contribution in [3.05, 3.63) is 65.7 Å². The maximum atomic E-state index is 13.3. The normalized spacial score (nSPS) is 14.2. The van der Waals surface area contributed by atoms with Gasteiger partial charge in [0.25, 0.3) is 0 Å². The van der Waals surface area contributed by atoms with E-state index in [4.69, 9.17) is 9.05 Å². The molecule has 0 amide bonds. The fourth-order valence-corrected chi connectivity index (χ4v) is 5.62. The Labute approximate surface area is 151 Å². The quantitative estimate of drug-likeness (QED) is 0.646. The van der Waals surface area contributed by atoms with Crippen molar-refractivity contribution in [3.8, 4) is 0 Å². The molecular formula is C18H24NO4PS. The van der Waals surface area contributed by atoms with Crippen LogP contribution in [-0.4, -0.2) is 17.4 Å². The van der Waals surface area contributed by atoms with Crippen LogP contribution in [0.1, 0.15) is 30.8 Å². The minimum atomic E-state index is -3.54. The second-order valence-corrected chi connectivity index (χ2v) is 8.75. The zero-order chi connectivity index (χ0) is 18.3. The third-order valence-electron chi connectivity index (χ3n) is 3.50. The minimum Gasteiger partial charge on any atom is -0.308 e. The summed E-state index contributed by atoms with van der Waals surface area (Å²) in [5.41, 5.74) is 1.78. The van der Waals surface area contributed by atoms with Crippen molar-refractivity contribution in [3.63, 3.8) is 0 Å². The molecule has 0 aliphatic rings. The average Bonchev–Trinajstić information content (AvgIpc) is 2.61. The molecule has 0 aliphatic carbocycles. The highest BCUT2D eigenvalue weighted by molar-refractivity contribution is 7.83. The first kappa shape index (κ1) is 20.0. The van der Waals surface area contributed by atoms with Crippen molar-refractivity contribution in [2.24, 2.45) is 0 Å². The third kappa shape index (κ3) is 5.33. The van der Waals surface area contributed by atoms with Gasteiger partial charge in [-0.25, -0.2) is 8.93 Å². The molecule has 0 unspecified atom stereocenters. The van der Waals surface area contributed by atoms with E-state index in [9.17, 15) is 8.77 Å². The number of rotatable bonds is 9. The van der Waals surface area contributed by atoms with Gasteiger partial charge >= 0.3 is 7.60 Å². The van der Waals surface area contributed by atoms with Crippen LogP contribution >= 0.6 is 7.60 Å². The zero-order valence-corrected chi connectivity index (χ0v) is 16.4. The van der Waals surface area contributed by atoms with Crippen molar-refractivity contribution >= 4 is 18.6 Å². The van der Waals surface area contributed by atoms with Crippen LogP contribution in [0, 0.1) is 6.92 Å². The molecule has 1 N–H and O–H groups in total. The maximum absolute atomic E-state index is 13.3. The largest absolute Gasteiger partial charge is 0.352 e. The molecule has 2 rings (SSSR count). The van der Waals surface area contributed by atoms with Crippen molar-refractivity contribution < 1.29 is 17.8 Å². The highest BCUT2D eigenvalue weighted by atomic mass is 32.2. The summed E-state index contributed by atoms with van der Waals surface area (Å²) in [6, 6.07) is 16.5. The molecule has 0 bridgehead atoms. The molecular weight excluding hydrogens is 357 g/mol. The van der Waals surface area contributed by atoms with E-state index < -0.39 is 24.4 Å². The van der Waals surface area contributed by atoms with E-state index in [2.05, 4.69) is 4.72 Å². The molecule has 25 heavy (non-hydrogen) atoms. The van der Waals surface area contributed by atoms with Crippen LogP contribution < -0.4 is 4.72 Å². The molecule has 7 heteroatoms. The number of aryl methyl sites for hydroxylation is 1. The number of nitrogens with one attached hydrogen (secondary N) is 1. The van der Waals surface area contributed by atoms with Crippen molar-refractivity contribution in [1.29, 1.82) is 0 Å². The van der Waals surface area contributed by atoms with Crippen LogP contribution in [0.4, 0.5) is 0 Å². The molecule has 0 saturated heterocycles. The first-order chi connectivity index (χ1) is 12.0. The molecule has 2 aromatic carbocycles. The van der Waals surface area contributed by atoms with Crippen LogP contribution in [0.25, 0.3) is 0 Å². The predicted octanol–water partition coefficient (Wildman–Crippen LogP) is 4.57. The molecule has 0 saturated carbocycles. The van der Waals surface area contributed by atoms with Gasteiger partial charge in [-0.1, -0.05) is 48.0 Å². The smallest absolute Gasteiger partial charge is 0.308 e. The van der Waals surface area contributed by atoms with Gasteiger partial charge in [-0.05, 0) is 38.5 Å². The standard InChI is InChI=1S/C18H24NO4PS/c1-4-22-24(20,23-5-2)18(16-9-7-6-8-10-16)19-25(21)17-13-11-15(3)12-14-17/h6-14,18-19H,4-5H2,1-3H3/t18-,25-/m0/s1. The van der Waals surface area contributed by atoms with Gasteiger partial charge in [0.1, 0.15) is 16.8 Å². The van der Waals surface area contributed by atoms with Crippen molar-refractivity contribution in [1.82, 2.24) is 4.72 Å². The lowest BCUT2D eigenvalue weighted by Crippen LogP contribution is -2.25. The fourth-order valence-electron chi connectivity index (χ4n) is 2.33. The molecule has 0 aromatic heterocycles. The lowest BCUT2D eigenvalue weighted by molar-refractivity contribution is 0.210. The Hall–Kier alpha value is -1.30. The number of benzene rings is 2. The van der Waals surface area contributed by atoms with Crippen molar-refractivity contribution in [2.75, 3.05) is 13.2 Å². The molecule has 2 aromatic rings. The van der Waals surface area contributed by atoms with Gasteiger partial charge in [-0.15, -0.1) is 0 Å². The van der Waals surface area contributed by atoms with Gasteiger partial charge in [0.05, 0.1) is 18.1 Å². The summed E-state index contributed by atoms with van der Waals surface area (Å²) in [5, 5.41) is 0. The summed E-state index contributed by atoms with van der Waals surface area (Å²) in [4.78, 5) is 0.603. The first-order valence-electron chi connectivity index (χ1n) is 8.18. The predicted molar refractivity (Wildman–Crippen MR) is 101 cm³/mol. The Kier molecular flexibility index (Phi) is 7.54. The van der Waals surface area contributed by atoms with E-state index in [1.807, 2.05) is 49.4 Å². The fraction of sp³-hybridized carbons (Fsp3) is 0.333. The van der Waals surface area contributed by atoms with E-state index in [1.165, 1.54) is 0 Å². The number of hydrogen-bond donors (Lipinski definition) is 1. The van der Waals surface area contributed by atoms with Gasteiger partial charge in [-0.2, -0.15) is 0 Å². The monoisotopic (exact) mass is 381 g/mol. The maximum Gasteiger partial charge on any atom is 0.352 e. The molecule has 5 nitrogen and oxygen atoms in total. The lowest BCUT2D eigenvalue weighted by atomic mass is 10.2. The van der Waals surface area contributed by atoms with Crippen LogP contribution in [0.5, 0.6) is 0 Å². The van der Waals surface area contributed by atoms with E-state index in [0.29, 0.717) is 10.5 Å². The van der Waals surface area contributed by atoms with Crippen LogP contribution in [0.2, 0.25) is 0 Å². The Balaban J connectivity index is 2.36. The van der Waals surface area contributed by atoms with E-state index in [0.717, 1.165) is 5.56 Å². The van der Waals surface area contributed by atoms with Crippen LogP contribution in [-0.2, 0) is 24.6 Å². The van der Waals surface area contributed by atoms with Gasteiger partial charge < -0.3 is 9.05 Å².